The molecule has 2 unspecified atom stereocenters. The van der Waals surface area contributed by atoms with Crippen molar-refractivity contribution < 1.29 is 4.79 Å². The maximum atomic E-state index is 12.7. The van der Waals surface area contributed by atoms with Crippen molar-refractivity contribution in [3.63, 3.8) is 0 Å². The summed E-state index contributed by atoms with van der Waals surface area (Å²) in [6, 6.07) is 3.90. The molecule has 2 atom stereocenters. The predicted octanol–water partition coefficient (Wildman–Crippen LogP) is 3.66. The van der Waals surface area contributed by atoms with Gasteiger partial charge in [-0.3, -0.25) is 4.79 Å². The van der Waals surface area contributed by atoms with Crippen molar-refractivity contribution in [2.75, 3.05) is 6.54 Å². The molecular weight excluding hydrogens is 292 g/mol. The van der Waals surface area contributed by atoms with Crippen LogP contribution in [0.15, 0.2) is 12.1 Å². The third kappa shape index (κ3) is 3.96. The standard InChI is InChI=1S/C15H23ClN2OS/c1-2-18(10-11-8-9-14(16)20-11)15(19)12-6-4-3-5-7-13(12)17/h8-9,12-13H,2-7,10,17H2,1H3. The molecule has 5 heteroatoms. The van der Waals surface area contributed by atoms with E-state index in [4.69, 9.17) is 17.3 Å². The van der Waals surface area contributed by atoms with Crippen molar-refractivity contribution >= 4 is 28.8 Å². The molecule has 0 saturated heterocycles. The van der Waals surface area contributed by atoms with Crippen molar-refractivity contribution in [2.24, 2.45) is 11.7 Å². The molecule has 1 aromatic rings. The molecule has 2 rings (SSSR count). The molecule has 0 spiro atoms. The Morgan fingerprint density at radius 3 is 2.80 bits per heavy atom. The van der Waals surface area contributed by atoms with Gasteiger partial charge < -0.3 is 10.6 Å². The Morgan fingerprint density at radius 2 is 2.15 bits per heavy atom. The Bertz CT molecular complexity index is 449. The van der Waals surface area contributed by atoms with Crippen molar-refractivity contribution in [3.05, 3.63) is 21.3 Å². The lowest BCUT2D eigenvalue weighted by Gasteiger charge is -2.28. The van der Waals surface area contributed by atoms with Gasteiger partial charge in [0.1, 0.15) is 0 Å². The molecule has 1 aliphatic rings. The number of hydrogen-bond acceptors (Lipinski definition) is 3. The molecule has 0 aliphatic heterocycles. The van der Waals surface area contributed by atoms with Crippen LogP contribution in [0.3, 0.4) is 0 Å². The van der Waals surface area contributed by atoms with E-state index in [9.17, 15) is 4.79 Å². The predicted molar refractivity (Wildman–Crippen MR) is 85.0 cm³/mol. The highest BCUT2D eigenvalue weighted by atomic mass is 35.5. The first kappa shape index (κ1) is 15.8. The van der Waals surface area contributed by atoms with Crippen molar-refractivity contribution in [2.45, 2.75) is 51.6 Å². The molecule has 1 aromatic heterocycles. The van der Waals surface area contributed by atoms with Crippen LogP contribution in [0.2, 0.25) is 4.34 Å². The van der Waals surface area contributed by atoms with Crippen LogP contribution in [-0.2, 0) is 11.3 Å². The molecular formula is C15H23ClN2OS. The maximum Gasteiger partial charge on any atom is 0.227 e. The summed E-state index contributed by atoms with van der Waals surface area (Å²) in [5.41, 5.74) is 6.20. The van der Waals surface area contributed by atoms with Crippen molar-refractivity contribution in [1.82, 2.24) is 4.90 Å². The van der Waals surface area contributed by atoms with Gasteiger partial charge >= 0.3 is 0 Å². The second kappa shape index (κ2) is 7.43. The van der Waals surface area contributed by atoms with E-state index in [2.05, 4.69) is 0 Å². The quantitative estimate of drug-likeness (QED) is 0.862. The largest absolute Gasteiger partial charge is 0.338 e. The lowest BCUT2D eigenvalue weighted by Crippen LogP contribution is -2.43. The summed E-state index contributed by atoms with van der Waals surface area (Å²) in [5.74, 6) is 0.208. The third-order valence-corrected chi connectivity index (χ3v) is 5.27. The van der Waals surface area contributed by atoms with E-state index < -0.39 is 0 Å². The summed E-state index contributed by atoms with van der Waals surface area (Å²) in [7, 11) is 0. The summed E-state index contributed by atoms with van der Waals surface area (Å²) in [4.78, 5) is 15.8. The van der Waals surface area contributed by atoms with Crippen LogP contribution < -0.4 is 5.73 Å². The Hall–Kier alpha value is -0.580. The molecule has 2 N–H and O–H groups in total. The zero-order chi connectivity index (χ0) is 14.5. The summed E-state index contributed by atoms with van der Waals surface area (Å²) >= 11 is 7.50. The lowest BCUT2D eigenvalue weighted by atomic mass is 9.94. The molecule has 1 heterocycles. The van der Waals surface area contributed by atoms with E-state index in [1.54, 1.807) is 11.3 Å². The molecule has 1 amide bonds. The van der Waals surface area contributed by atoms with Gasteiger partial charge in [-0.25, -0.2) is 0 Å². The Balaban J connectivity index is 2.03. The number of amides is 1. The molecule has 20 heavy (non-hydrogen) atoms. The van der Waals surface area contributed by atoms with E-state index in [0.717, 1.165) is 41.4 Å². The Morgan fingerprint density at radius 1 is 1.40 bits per heavy atom. The van der Waals surface area contributed by atoms with E-state index in [0.29, 0.717) is 6.54 Å². The number of halogens is 1. The van der Waals surface area contributed by atoms with E-state index >= 15 is 0 Å². The summed E-state index contributed by atoms with van der Waals surface area (Å²) in [6.45, 7) is 3.39. The molecule has 0 radical (unpaired) electrons. The number of carbonyl (C=O) groups is 1. The second-order valence-corrected chi connectivity index (χ2v) is 7.27. The molecule has 3 nitrogen and oxygen atoms in total. The van der Waals surface area contributed by atoms with Gasteiger partial charge in [0.15, 0.2) is 0 Å². The average molecular weight is 315 g/mol. The number of hydrogen-bond donors (Lipinski definition) is 1. The number of rotatable bonds is 4. The van der Waals surface area contributed by atoms with Gasteiger partial charge in [-0.1, -0.05) is 30.9 Å². The lowest BCUT2D eigenvalue weighted by molar-refractivity contribution is -0.136. The van der Waals surface area contributed by atoms with Crippen molar-refractivity contribution in [1.29, 1.82) is 0 Å². The molecule has 1 saturated carbocycles. The van der Waals surface area contributed by atoms with E-state index in [-0.39, 0.29) is 17.9 Å². The minimum Gasteiger partial charge on any atom is -0.338 e. The average Bonchev–Trinajstić information content (AvgIpc) is 2.71. The first-order valence-electron chi connectivity index (χ1n) is 7.40. The summed E-state index contributed by atoms with van der Waals surface area (Å²) in [6.07, 6.45) is 5.37. The number of nitrogens with zero attached hydrogens (tertiary/aromatic N) is 1. The van der Waals surface area contributed by atoms with Crippen LogP contribution >= 0.6 is 22.9 Å². The van der Waals surface area contributed by atoms with Gasteiger partial charge in [0.25, 0.3) is 0 Å². The van der Waals surface area contributed by atoms with Gasteiger partial charge in [-0.2, -0.15) is 0 Å². The smallest absolute Gasteiger partial charge is 0.227 e. The summed E-state index contributed by atoms with van der Waals surface area (Å²) in [5, 5.41) is 0. The van der Waals surface area contributed by atoms with Gasteiger partial charge in [-0.05, 0) is 31.9 Å². The molecule has 112 valence electrons. The number of carbonyl (C=O) groups excluding carboxylic acids is 1. The Kier molecular flexibility index (Phi) is 5.87. The molecule has 0 aromatic carbocycles. The van der Waals surface area contributed by atoms with Gasteiger partial charge in [0.2, 0.25) is 5.91 Å². The van der Waals surface area contributed by atoms with E-state index in [1.807, 2.05) is 24.0 Å². The minimum atomic E-state index is -0.00659. The highest BCUT2D eigenvalue weighted by Gasteiger charge is 2.30. The van der Waals surface area contributed by atoms with E-state index in [1.165, 1.54) is 6.42 Å². The van der Waals surface area contributed by atoms with Crippen LogP contribution in [0.1, 0.15) is 43.9 Å². The Labute approximate surface area is 130 Å². The maximum absolute atomic E-state index is 12.7. The topological polar surface area (TPSA) is 46.3 Å². The van der Waals surface area contributed by atoms with Crippen LogP contribution in [0, 0.1) is 5.92 Å². The zero-order valence-electron chi connectivity index (χ0n) is 12.0. The van der Waals surface area contributed by atoms with Gasteiger partial charge in [-0.15, -0.1) is 11.3 Å². The summed E-state index contributed by atoms with van der Waals surface area (Å²) < 4.78 is 0.773. The van der Waals surface area contributed by atoms with Gasteiger partial charge in [0.05, 0.1) is 16.8 Å². The van der Waals surface area contributed by atoms with Crippen molar-refractivity contribution in [3.8, 4) is 0 Å². The fourth-order valence-electron chi connectivity index (χ4n) is 2.85. The SMILES string of the molecule is CCN(Cc1ccc(Cl)s1)C(=O)C1CCCCCC1N. The first-order valence-corrected chi connectivity index (χ1v) is 8.60. The fourth-order valence-corrected chi connectivity index (χ4v) is 3.95. The minimum absolute atomic E-state index is 0.00659. The number of nitrogens with two attached hydrogens (primary N) is 1. The van der Waals surface area contributed by atoms with Crippen LogP contribution in [0.4, 0.5) is 0 Å². The number of thiophene rings is 1. The monoisotopic (exact) mass is 314 g/mol. The molecule has 0 bridgehead atoms. The van der Waals surface area contributed by atoms with Gasteiger partial charge in [0, 0.05) is 17.5 Å². The normalized spacial score (nSPS) is 23.4. The molecule has 1 aliphatic carbocycles. The van der Waals surface area contributed by atoms with Crippen LogP contribution in [0.5, 0.6) is 0 Å². The van der Waals surface area contributed by atoms with Crippen LogP contribution in [-0.4, -0.2) is 23.4 Å². The first-order chi connectivity index (χ1) is 9.61. The molecule has 1 fully saturated rings. The second-order valence-electron chi connectivity index (χ2n) is 5.47. The highest BCUT2D eigenvalue weighted by molar-refractivity contribution is 7.16. The fraction of sp³-hybridized carbons (Fsp3) is 0.667. The highest BCUT2D eigenvalue weighted by Crippen LogP contribution is 2.26. The zero-order valence-corrected chi connectivity index (χ0v) is 13.6. The van der Waals surface area contributed by atoms with Crippen LogP contribution in [0.25, 0.3) is 0 Å². The third-order valence-electron chi connectivity index (χ3n) is 4.06.